The Labute approximate surface area is 143 Å². The Kier molecular flexibility index (Phi) is 5.15. The molecule has 0 aliphatic carbocycles. The van der Waals surface area contributed by atoms with Gasteiger partial charge in [0.25, 0.3) is 0 Å². The normalized spacial score (nSPS) is 11.1. The van der Waals surface area contributed by atoms with Crippen LogP contribution in [0.5, 0.6) is 0 Å². The van der Waals surface area contributed by atoms with Crippen LogP contribution in [0.4, 0.5) is 24.5 Å². The van der Waals surface area contributed by atoms with Gasteiger partial charge in [0.1, 0.15) is 0 Å². The third-order valence-electron chi connectivity index (χ3n) is 3.48. The molecular formula is C18H17F3N2O2. The Bertz CT molecular complexity index is 830. The molecule has 0 saturated carbocycles. The predicted molar refractivity (Wildman–Crippen MR) is 90.2 cm³/mol. The predicted octanol–water partition coefficient (Wildman–Crippen LogP) is 4.60. The molecule has 0 heterocycles. The second kappa shape index (κ2) is 6.96. The highest BCUT2D eigenvalue weighted by Crippen LogP contribution is 2.40. The van der Waals surface area contributed by atoms with Crippen molar-refractivity contribution < 1.29 is 22.8 Å². The quantitative estimate of drug-likeness (QED) is 0.850. The van der Waals surface area contributed by atoms with Crippen LogP contribution < -0.4 is 10.6 Å². The van der Waals surface area contributed by atoms with Gasteiger partial charge in [0.15, 0.2) is 0 Å². The molecule has 7 heteroatoms. The maximum Gasteiger partial charge on any atom is 0.417 e. The van der Waals surface area contributed by atoms with E-state index in [0.29, 0.717) is 16.8 Å². The molecule has 0 aliphatic heterocycles. The number of rotatable bonds is 3. The van der Waals surface area contributed by atoms with Crippen LogP contribution in [0.3, 0.4) is 0 Å². The smallest absolute Gasteiger partial charge is 0.326 e. The highest BCUT2D eigenvalue weighted by Gasteiger charge is 2.34. The van der Waals surface area contributed by atoms with E-state index in [9.17, 15) is 22.8 Å². The topological polar surface area (TPSA) is 58.2 Å². The summed E-state index contributed by atoms with van der Waals surface area (Å²) in [6.07, 6.45) is -4.58. The van der Waals surface area contributed by atoms with E-state index in [-0.39, 0.29) is 17.2 Å². The SMILES string of the molecule is CC(=O)Nc1ccc(-c2ccc(NC(C)=O)cc2C(F)(F)F)c(C)c1. The van der Waals surface area contributed by atoms with Crippen molar-refractivity contribution in [1.29, 1.82) is 0 Å². The van der Waals surface area contributed by atoms with Crippen LogP contribution in [-0.2, 0) is 15.8 Å². The fourth-order valence-electron chi connectivity index (χ4n) is 2.54. The van der Waals surface area contributed by atoms with Crippen LogP contribution in [0.25, 0.3) is 11.1 Å². The average Bonchev–Trinajstić information content (AvgIpc) is 2.45. The summed E-state index contributed by atoms with van der Waals surface area (Å²) >= 11 is 0. The molecule has 2 amide bonds. The van der Waals surface area contributed by atoms with E-state index in [1.54, 1.807) is 19.1 Å². The summed E-state index contributed by atoms with van der Waals surface area (Å²) in [6, 6.07) is 8.35. The number of hydrogen-bond donors (Lipinski definition) is 2. The van der Waals surface area contributed by atoms with E-state index in [4.69, 9.17) is 0 Å². The first kappa shape index (κ1) is 18.5. The third kappa shape index (κ3) is 4.59. The molecule has 0 fully saturated rings. The van der Waals surface area contributed by atoms with Gasteiger partial charge in [0, 0.05) is 25.2 Å². The van der Waals surface area contributed by atoms with Crippen molar-refractivity contribution in [2.75, 3.05) is 10.6 Å². The molecule has 25 heavy (non-hydrogen) atoms. The van der Waals surface area contributed by atoms with Crippen LogP contribution in [0.2, 0.25) is 0 Å². The number of hydrogen-bond acceptors (Lipinski definition) is 2. The molecule has 132 valence electrons. The molecule has 0 bridgehead atoms. The van der Waals surface area contributed by atoms with Crippen molar-refractivity contribution in [2.45, 2.75) is 26.9 Å². The van der Waals surface area contributed by atoms with Crippen LogP contribution in [-0.4, -0.2) is 11.8 Å². The number of halogens is 3. The zero-order valence-electron chi connectivity index (χ0n) is 13.9. The first-order valence-corrected chi connectivity index (χ1v) is 7.45. The van der Waals surface area contributed by atoms with Gasteiger partial charge in [0.05, 0.1) is 5.56 Å². The van der Waals surface area contributed by atoms with Crippen molar-refractivity contribution in [1.82, 2.24) is 0 Å². The van der Waals surface area contributed by atoms with E-state index < -0.39 is 17.6 Å². The second-order valence-corrected chi connectivity index (χ2v) is 5.65. The molecule has 2 aromatic carbocycles. The number of carbonyl (C=O) groups is 2. The van der Waals surface area contributed by atoms with Crippen molar-refractivity contribution in [2.24, 2.45) is 0 Å². The number of anilines is 2. The molecule has 0 radical (unpaired) electrons. The Morgan fingerprint density at radius 1 is 0.840 bits per heavy atom. The lowest BCUT2D eigenvalue weighted by Gasteiger charge is -2.17. The van der Waals surface area contributed by atoms with Gasteiger partial charge < -0.3 is 10.6 Å². The molecule has 0 aromatic heterocycles. The van der Waals surface area contributed by atoms with E-state index in [1.807, 2.05) is 0 Å². The number of nitrogens with one attached hydrogen (secondary N) is 2. The van der Waals surface area contributed by atoms with Crippen LogP contribution in [0.15, 0.2) is 36.4 Å². The van der Waals surface area contributed by atoms with E-state index in [1.165, 1.54) is 32.0 Å². The van der Waals surface area contributed by atoms with Gasteiger partial charge in [-0.05, 0) is 47.9 Å². The molecule has 4 nitrogen and oxygen atoms in total. The summed E-state index contributed by atoms with van der Waals surface area (Å²) in [5, 5.41) is 4.95. The Balaban J connectivity index is 2.54. The van der Waals surface area contributed by atoms with Gasteiger partial charge >= 0.3 is 6.18 Å². The molecule has 0 saturated heterocycles. The van der Waals surface area contributed by atoms with Gasteiger partial charge in [-0.1, -0.05) is 12.1 Å². The number of aryl methyl sites for hydroxylation is 1. The lowest BCUT2D eigenvalue weighted by molar-refractivity contribution is -0.137. The van der Waals surface area contributed by atoms with E-state index in [0.717, 1.165) is 6.07 Å². The Hall–Kier alpha value is -2.83. The van der Waals surface area contributed by atoms with Crippen LogP contribution in [0, 0.1) is 6.92 Å². The summed E-state index contributed by atoms with van der Waals surface area (Å²) in [4.78, 5) is 22.2. The summed E-state index contributed by atoms with van der Waals surface area (Å²) < 4.78 is 40.4. The lowest BCUT2D eigenvalue weighted by atomic mass is 9.94. The summed E-state index contributed by atoms with van der Waals surface area (Å²) in [6.45, 7) is 4.25. The fourth-order valence-corrected chi connectivity index (χ4v) is 2.54. The number of carbonyl (C=O) groups excluding carboxylic acids is 2. The summed E-state index contributed by atoms with van der Waals surface area (Å²) in [5.74, 6) is -0.709. The van der Waals surface area contributed by atoms with Crippen LogP contribution >= 0.6 is 0 Å². The average molecular weight is 350 g/mol. The minimum atomic E-state index is -4.58. The highest BCUT2D eigenvalue weighted by atomic mass is 19.4. The Morgan fingerprint density at radius 2 is 1.32 bits per heavy atom. The molecule has 2 rings (SSSR count). The fraction of sp³-hybridized carbons (Fsp3) is 0.222. The van der Waals surface area contributed by atoms with Gasteiger partial charge in [-0.15, -0.1) is 0 Å². The maximum absolute atomic E-state index is 13.5. The minimum Gasteiger partial charge on any atom is -0.326 e. The standard InChI is InChI=1S/C18H17F3N2O2/c1-10-8-13(22-11(2)24)4-6-15(10)16-7-5-14(23-12(3)25)9-17(16)18(19,20)21/h4-9H,1-3H3,(H,22,24)(H,23,25). The molecule has 0 aliphatic rings. The monoisotopic (exact) mass is 350 g/mol. The number of alkyl halides is 3. The van der Waals surface area contributed by atoms with Crippen LogP contribution in [0.1, 0.15) is 25.0 Å². The Morgan fingerprint density at radius 3 is 1.76 bits per heavy atom. The van der Waals surface area contributed by atoms with Gasteiger partial charge in [-0.3, -0.25) is 9.59 Å². The first-order chi connectivity index (χ1) is 11.6. The largest absolute Gasteiger partial charge is 0.417 e. The third-order valence-corrected chi connectivity index (χ3v) is 3.48. The van der Waals surface area contributed by atoms with Gasteiger partial charge in [-0.2, -0.15) is 13.2 Å². The molecule has 2 aromatic rings. The lowest BCUT2D eigenvalue weighted by Crippen LogP contribution is -2.11. The van der Waals surface area contributed by atoms with E-state index in [2.05, 4.69) is 10.6 Å². The highest BCUT2D eigenvalue weighted by molar-refractivity contribution is 5.90. The maximum atomic E-state index is 13.5. The summed E-state index contributed by atoms with van der Waals surface area (Å²) in [5.41, 5.74) is 0.746. The molecule has 0 spiro atoms. The van der Waals surface area contributed by atoms with Crippen molar-refractivity contribution in [3.8, 4) is 11.1 Å². The van der Waals surface area contributed by atoms with Crippen molar-refractivity contribution >= 4 is 23.2 Å². The van der Waals surface area contributed by atoms with Gasteiger partial charge in [-0.25, -0.2) is 0 Å². The molecule has 0 unspecified atom stereocenters. The van der Waals surface area contributed by atoms with E-state index >= 15 is 0 Å². The molecular weight excluding hydrogens is 333 g/mol. The zero-order chi connectivity index (χ0) is 18.8. The second-order valence-electron chi connectivity index (χ2n) is 5.65. The minimum absolute atomic E-state index is 0.00785. The van der Waals surface area contributed by atoms with Gasteiger partial charge in [0.2, 0.25) is 11.8 Å². The number of amides is 2. The molecule has 0 atom stereocenters. The molecule has 2 N–H and O–H groups in total. The number of benzene rings is 2. The van der Waals surface area contributed by atoms with Crippen molar-refractivity contribution in [3.63, 3.8) is 0 Å². The first-order valence-electron chi connectivity index (χ1n) is 7.45. The summed E-state index contributed by atoms with van der Waals surface area (Å²) in [7, 11) is 0. The van der Waals surface area contributed by atoms with Crippen molar-refractivity contribution in [3.05, 3.63) is 47.5 Å². The zero-order valence-corrected chi connectivity index (χ0v) is 13.9.